The van der Waals surface area contributed by atoms with Crippen molar-refractivity contribution in [3.63, 3.8) is 0 Å². The van der Waals surface area contributed by atoms with Crippen molar-refractivity contribution < 1.29 is 18.7 Å². The number of carbonyl (C=O) groups is 2. The van der Waals surface area contributed by atoms with E-state index in [0.717, 1.165) is 19.3 Å². The SMILES string of the molecule is CCCCCN(CCC(=O)OC)C(=O)c1ccccc1F. The Morgan fingerprint density at radius 2 is 1.90 bits per heavy atom. The van der Waals surface area contributed by atoms with Gasteiger partial charge in [0, 0.05) is 13.1 Å². The molecule has 0 aliphatic rings. The van der Waals surface area contributed by atoms with Crippen LogP contribution in [-0.4, -0.2) is 37.0 Å². The number of rotatable bonds is 8. The number of amides is 1. The van der Waals surface area contributed by atoms with Crippen LogP contribution in [0.2, 0.25) is 0 Å². The van der Waals surface area contributed by atoms with Crippen molar-refractivity contribution in [1.29, 1.82) is 0 Å². The zero-order valence-electron chi connectivity index (χ0n) is 12.6. The van der Waals surface area contributed by atoms with Gasteiger partial charge in [0.1, 0.15) is 5.82 Å². The van der Waals surface area contributed by atoms with E-state index in [4.69, 9.17) is 0 Å². The second kappa shape index (κ2) is 9.10. The molecule has 5 heteroatoms. The highest BCUT2D eigenvalue weighted by Crippen LogP contribution is 2.12. The van der Waals surface area contributed by atoms with Gasteiger partial charge in [-0.1, -0.05) is 31.9 Å². The molecule has 1 aromatic rings. The van der Waals surface area contributed by atoms with E-state index in [1.807, 2.05) is 0 Å². The summed E-state index contributed by atoms with van der Waals surface area (Å²) in [5.74, 6) is -1.30. The highest BCUT2D eigenvalue weighted by Gasteiger charge is 2.19. The molecule has 4 nitrogen and oxygen atoms in total. The van der Waals surface area contributed by atoms with Gasteiger partial charge in [-0.25, -0.2) is 4.39 Å². The minimum absolute atomic E-state index is 0.0406. The first-order chi connectivity index (χ1) is 10.1. The van der Waals surface area contributed by atoms with Crippen LogP contribution in [-0.2, 0) is 9.53 Å². The van der Waals surface area contributed by atoms with E-state index in [-0.39, 0.29) is 30.4 Å². The lowest BCUT2D eigenvalue weighted by atomic mass is 10.1. The number of esters is 1. The van der Waals surface area contributed by atoms with E-state index < -0.39 is 5.82 Å². The molecule has 1 rings (SSSR count). The number of hydrogen-bond donors (Lipinski definition) is 0. The van der Waals surface area contributed by atoms with Gasteiger partial charge >= 0.3 is 5.97 Å². The Labute approximate surface area is 124 Å². The number of hydrogen-bond acceptors (Lipinski definition) is 3. The molecular formula is C16H22FNO3. The third-order valence-electron chi connectivity index (χ3n) is 3.24. The molecule has 0 heterocycles. The largest absolute Gasteiger partial charge is 0.469 e. The summed E-state index contributed by atoms with van der Waals surface area (Å²) in [5.41, 5.74) is 0.0406. The van der Waals surface area contributed by atoms with Crippen molar-refractivity contribution in [2.75, 3.05) is 20.2 Å². The molecule has 116 valence electrons. The maximum Gasteiger partial charge on any atom is 0.307 e. The second-order valence-electron chi connectivity index (χ2n) is 4.81. The zero-order chi connectivity index (χ0) is 15.7. The van der Waals surface area contributed by atoms with Crippen LogP contribution in [0.4, 0.5) is 4.39 Å². The van der Waals surface area contributed by atoms with Crippen LogP contribution in [0.15, 0.2) is 24.3 Å². The van der Waals surface area contributed by atoms with Crippen LogP contribution in [0.25, 0.3) is 0 Å². The monoisotopic (exact) mass is 295 g/mol. The van der Waals surface area contributed by atoms with Crippen LogP contribution >= 0.6 is 0 Å². The number of nitrogens with zero attached hydrogens (tertiary/aromatic N) is 1. The second-order valence-corrected chi connectivity index (χ2v) is 4.81. The lowest BCUT2D eigenvalue weighted by Crippen LogP contribution is -2.34. The first kappa shape index (κ1) is 17.1. The smallest absolute Gasteiger partial charge is 0.307 e. The Bertz CT molecular complexity index is 476. The highest BCUT2D eigenvalue weighted by molar-refractivity contribution is 5.94. The molecule has 0 fully saturated rings. The summed E-state index contributed by atoms with van der Waals surface area (Å²) in [4.78, 5) is 25.2. The fraction of sp³-hybridized carbons (Fsp3) is 0.500. The maximum absolute atomic E-state index is 13.7. The van der Waals surface area contributed by atoms with Gasteiger partial charge in [0.05, 0.1) is 19.1 Å². The molecule has 0 radical (unpaired) electrons. The summed E-state index contributed by atoms with van der Waals surface area (Å²) in [6.07, 6.45) is 2.96. The van der Waals surface area contributed by atoms with E-state index in [0.29, 0.717) is 6.54 Å². The average Bonchev–Trinajstić information content (AvgIpc) is 2.50. The third kappa shape index (κ3) is 5.53. The molecule has 1 amide bonds. The summed E-state index contributed by atoms with van der Waals surface area (Å²) in [7, 11) is 1.31. The van der Waals surface area contributed by atoms with Crippen molar-refractivity contribution in [2.45, 2.75) is 32.6 Å². The minimum Gasteiger partial charge on any atom is -0.469 e. The maximum atomic E-state index is 13.7. The summed E-state index contributed by atoms with van der Waals surface area (Å²) >= 11 is 0. The van der Waals surface area contributed by atoms with Crippen LogP contribution in [0.5, 0.6) is 0 Å². The van der Waals surface area contributed by atoms with Crippen molar-refractivity contribution in [2.24, 2.45) is 0 Å². The molecule has 0 spiro atoms. The van der Waals surface area contributed by atoms with E-state index >= 15 is 0 Å². The number of ether oxygens (including phenoxy) is 1. The molecule has 0 aliphatic carbocycles. The van der Waals surface area contributed by atoms with Gasteiger partial charge in [-0.3, -0.25) is 9.59 Å². The van der Waals surface area contributed by atoms with Crippen molar-refractivity contribution in [3.8, 4) is 0 Å². The molecule has 0 N–H and O–H groups in total. The van der Waals surface area contributed by atoms with Crippen LogP contribution in [0.3, 0.4) is 0 Å². The first-order valence-electron chi connectivity index (χ1n) is 7.20. The van der Waals surface area contributed by atoms with E-state index in [1.165, 1.54) is 24.1 Å². The van der Waals surface area contributed by atoms with Gasteiger partial charge in [-0.15, -0.1) is 0 Å². The summed E-state index contributed by atoms with van der Waals surface area (Å²) in [5, 5.41) is 0. The van der Waals surface area contributed by atoms with Gasteiger partial charge in [0.2, 0.25) is 0 Å². The van der Waals surface area contributed by atoms with Gasteiger partial charge in [-0.05, 0) is 18.6 Å². The number of unbranched alkanes of at least 4 members (excludes halogenated alkanes) is 2. The lowest BCUT2D eigenvalue weighted by molar-refractivity contribution is -0.140. The Hall–Kier alpha value is -1.91. The van der Waals surface area contributed by atoms with Crippen molar-refractivity contribution in [3.05, 3.63) is 35.6 Å². The van der Waals surface area contributed by atoms with Gasteiger partial charge in [0.25, 0.3) is 5.91 Å². The Morgan fingerprint density at radius 1 is 1.19 bits per heavy atom. The Morgan fingerprint density at radius 3 is 2.52 bits per heavy atom. The highest BCUT2D eigenvalue weighted by atomic mass is 19.1. The number of carbonyl (C=O) groups excluding carboxylic acids is 2. The van der Waals surface area contributed by atoms with E-state index in [9.17, 15) is 14.0 Å². The summed E-state index contributed by atoms with van der Waals surface area (Å²) < 4.78 is 18.3. The normalized spacial score (nSPS) is 10.2. The number of methoxy groups -OCH3 is 1. The molecular weight excluding hydrogens is 273 g/mol. The fourth-order valence-electron chi connectivity index (χ4n) is 2.00. The third-order valence-corrected chi connectivity index (χ3v) is 3.24. The van der Waals surface area contributed by atoms with Gasteiger partial charge in [-0.2, -0.15) is 0 Å². The molecule has 0 aromatic heterocycles. The predicted molar refractivity (Wildman–Crippen MR) is 78.5 cm³/mol. The molecule has 0 saturated heterocycles. The van der Waals surface area contributed by atoms with Crippen molar-refractivity contribution >= 4 is 11.9 Å². The lowest BCUT2D eigenvalue weighted by Gasteiger charge is -2.22. The van der Waals surface area contributed by atoms with Crippen LogP contribution in [0.1, 0.15) is 43.0 Å². The van der Waals surface area contributed by atoms with Crippen LogP contribution in [0, 0.1) is 5.82 Å². The summed E-state index contributed by atoms with van der Waals surface area (Å²) in [6, 6.07) is 5.89. The van der Waals surface area contributed by atoms with E-state index in [1.54, 1.807) is 12.1 Å². The molecule has 0 atom stereocenters. The van der Waals surface area contributed by atoms with E-state index in [2.05, 4.69) is 11.7 Å². The average molecular weight is 295 g/mol. The van der Waals surface area contributed by atoms with Crippen molar-refractivity contribution in [1.82, 2.24) is 4.90 Å². The predicted octanol–water partition coefficient (Wildman–Crippen LogP) is 3.02. The quantitative estimate of drug-likeness (QED) is 0.547. The first-order valence-corrected chi connectivity index (χ1v) is 7.20. The summed E-state index contributed by atoms with van der Waals surface area (Å²) in [6.45, 7) is 2.82. The molecule has 0 saturated carbocycles. The zero-order valence-corrected chi connectivity index (χ0v) is 12.6. The fourth-order valence-corrected chi connectivity index (χ4v) is 2.00. The van der Waals surface area contributed by atoms with Gasteiger partial charge < -0.3 is 9.64 Å². The standard InChI is InChI=1S/C16H22FNO3/c1-3-4-7-11-18(12-10-15(19)21-2)16(20)13-8-5-6-9-14(13)17/h5-6,8-9H,3-4,7,10-12H2,1-2H3. The number of halogens is 1. The molecule has 1 aromatic carbocycles. The topological polar surface area (TPSA) is 46.6 Å². The number of benzene rings is 1. The Kier molecular flexibility index (Phi) is 7.43. The van der Waals surface area contributed by atoms with Crippen LogP contribution < -0.4 is 0 Å². The van der Waals surface area contributed by atoms with Gasteiger partial charge in [0.15, 0.2) is 0 Å². The molecule has 21 heavy (non-hydrogen) atoms. The minimum atomic E-state index is -0.541. The molecule has 0 unspecified atom stereocenters. The Balaban J connectivity index is 2.76. The molecule has 0 aliphatic heterocycles. The molecule has 0 bridgehead atoms.